The largest absolute Gasteiger partial charge is 0.448 e. The molecule has 63 heavy (non-hydrogen) atoms. The number of rotatable bonds is 9. The fourth-order valence-electron chi connectivity index (χ4n) is 9.58. The SMILES string of the molecule is N#Cc1ccc(Cl)c(-c2ccc3c(c2)c(NC(=O)C2CCN(C(=O)OCC4c5ccccc5-c5ccccc54)CC2)nn3C(c2ccccc2)(c2ccccc2)c2ccccc2)c1. The van der Waals surface area contributed by atoms with Gasteiger partial charge in [-0.1, -0.05) is 157 Å². The number of fused-ring (bicyclic) bond motifs is 4. The minimum atomic E-state index is -0.959. The number of benzene rings is 7. The Morgan fingerprint density at radius 2 is 1.25 bits per heavy atom. The summed E-state index contributed by atoms with van der Waals surface area (Å²) < 4.78 is 8.00. The van der Waals surface area contributed by atoms with Crippen molar-refractivity contribution in [2.24, 2.45) is 5.92 Å². The molecule has 2 amide bonds. The van der Waals surface area contributed by atoms with Crippen molar-refractivity contribution in [3.05, 3.63) is 214 Å². The number of carbonyl (C=O) groups is 2. The van der Waals surface area contributed by atoms with Crippen molar-refractivity contribution in [3.63, 3.8) is 0 Å². The summed E-state index contributed by atoms with van der Waals surface area (Å²) in [5.41, 5.74) is 9.42. The molecule has 1 aliphatic heterocycles. The zero-order chi connectivity index (χ0) is 42.9. The number of aromatic nitrogens is 2. The first-order valence-corrected chi connectivity index (χ1v) is 21.6. The van der Waals surface area contributed by atoms with Crippen LogP contribution in [-0.4, -0.2) is 46.4 Å². The average molecular weight is 844 g/mol. The molecular weight excluding hydrogens is 802 g/mol. The molecule has 7 aromatic carbocycles. The fourth-order valence-corrected chi connectivity index (χ4v) is 9.81. The molecule has 0 atom stereocenters. The number of anilines is 1. The Morgan fingerprint density at radius 3 is 1.83 bits per heavy atom. The highest BCUT2D eigenvalue weighted by molar-refractivity contribution is 6.33. The standard InChI is InChI=1S/C54H42ClN5O3/c55-49-26-24-36(34-56)32-46(49)38-25-27-50-47(33-38)51(58-60(50)54(39-14-4-1-5-15-39,40-16-6-2-7-17-40)41-18-8-3-9-19-41)57-52(61)37-28-30-59(31-29-37)53(62)63-35-48-44-22-12-10-20-42(44)43-21-11-13-23-45(43)48/h1-27,32-33,37,48H,28-31,35H2,(H,57,58,61). The maximum Gasteiger partial charge on any atom is 0.409 e. The molecule has 0 radical (unpaired) electrons. The molecule has 1 aromatic heterocycles. The Balaban J connectivity index is 0.974. The minimum Gasteiger partial charge on any atom is -0.448 e. The predicted molar refractivity (Wildman–Crippen MR) is 247 cm³/mol. The van der Waals surface area contributed by atoms with E-state index in [1.165, 1.54) is 11.1 Å². The van der Waals surface area contributed by atoms with Gasteiger partial charge in [0, 0.05) is 40.9 Å². The molecule has 2 heterocycles. The molecule has 0 spiro atoms. The van der Waals surface area contributed by atoms with Crippen LogP contribution in [0.2, 0.25) is 5.02 Å². The predicted octanol–water partition coefficient (Wildman–Crippen LogP) is 11.7. The van der Waals surface area contributed by atoms with E-state index in [4.69, 9.17) is 21.4 Å². The molecule has 308 valence electrons. The summed E-state index contributed by atoms with van der Waals surface area (Å²) in [5, 5.41) is 19.6. The lowest BCUT2D eigenvalue weighted by atomic mass is 9.77. The van der Waals surface area contributed by atoms with E-state index in [-0.39, 0.29) is 30.4 Å². The average Bonchev–Trinajstić information content (AvgIpc) is 3.87. The van der Waals surface area contributed by atoms with E-state index in [9.17, 15) is 14.9 Å². The van der Waals surface area contributed by atoms with Gasteiger partial charge in [0.1, 0.15) is 12.1 Å². The second-order valence-electron chi connectivity index (χ2n) is 16.2. The fraction of sp³-hybridized carbons (Fsp3) is 0.148. The van der Waals surface area contributed by atoms with Gasteiger partial charge < -0.3 is 15.0 Å². The maximum absolute atomic E-state index is 14.4. The maximum atomic E-state index is 14.4. The number of halogens is 1. The number of nitrogens with zero attached hydrogens (tertiary/aromatic N) is 4. The lowest BCUT2D eigenvalue weighted by Gasteiger charge is -2.37. The minimum absolute atomic E-state index is 0.0319. The van der Waals surface area contributed by atoms with Crippen LogP contribution in [0.25, 0.3) is 33.2 Å². The van der Waals surface area contributed by atoms with Gasteiger partial charge in [0.25, 0.3) is 0 Å². The lowest BCUT2D eigenvalue weighted by Crippen LogP contribution is -2.42. The second-order valence-corrected chi connectivity index (χ2v) is 16.6. The molecule has 1 fully saturated rings. The summed E-state index contributed by atoms with van der Waals surface area (Å²) in [4.78, 5) is 29.7. The van der Waals surface area contributed by atoms with E-state index in [0.29, 0.717) is 53.3 Å². The number of carbonyl (C=O) groups excluding carboxylic acids is 2. The van der Waals surface area contributed by atoms with Gasteiger partial charge >= 0.3 is 6.09 Å². The van der Waals surface area contributed by atoms with Crippen LogP contribution in [0.4, 0.5) is 10.6 Å². The summed E-state index contributed by atoms with van der Waals surface area (Å²) >= 11 is 6.77. The molecule has 10 rings (SSSR count). The number of hydrogen-bond donors (Lipinski definition) is 1. The second kappa shape index (κ2) is 16.8. The molecule has 0 unspecified atom stereocenters. The summed E-state index contributed by atoms with van der Waals surface area (Å²) in [6.07, 6.45) is 0.572. The molecule has 1 saturated heterocycles. The molecule has 2 aliphatic rings. The van der Waals surface area contributed by atoms with Gasteiger partial charge in [-0.15, -0.1) is 0 Å². The normalized spacial score (nSPS) is 13.9. The Bertz CT molecular complexity index is 2890. The van der Waals surface area contributed by atoms with E-state index < -0.39 is 5.54 Å². The number of likely N-dealkylation sites (tertiary alicyclic amines) is 1. The van der Waals surface area contributed by atoms with Crippen molar-refractivity contribution in [1.29, 1.82) is 5.26 Å². The van der Waals surface area contributed by atoms with Crippen molar-refractivity contribution < 1.29 is 14.3 Å². The number of nitriles is 1. The first kappa shape index (κ1) is 39.7. The first-order valence-electron chi connectivity index (χ1n) is 21.2. The zero-order valence-electron chi connectivity index (χ0n) is 34.3. The Hall–Kier alpha value is -7.47. The molecule has 0 bridgehead atoms. The summed E-state index contributed by atoms with van der Waals surface area (Å²) in [5.74, 6) is -0.172. The van der Waals surface area contributed by atoms with Crippen LogP contribution in [0.1, 0.15) is 52.1 Å². The summed E-state index contributed by atoms with van der Waals surface area (Å²) in [7, 11) is 0. The Labute approximate surface area is 371 Å². The van der Waals surface area contributed by atoms with Crippen molar-refractivity contribution in [2.75, 3.05) is 25.0 Å². The third-order valence-corrected chi connectivity index (χ3v) is 13.0. The van der Waals surface area contributed by atoms with Gasteiger partial charge in [-0.3, -0.25) is 4.79 Å². The van der Waals surface area contributed by atoms with Gasteiger partial charge in [-0.25, -0.2) is 9.48 Å². The third-order valence-electron chi connectivity index (χ3n) is 12.7. The van der Waals surface area contributed by atoms with Crippen molar-refractivity contribution >= 4 is 40.3 Å². The topological polar surface area (TPSA) is 100 Å². The molecule has 8 aromatic rings. The Morgan fingerprint density at radius 1 is 0.698 bits per heavy atom. The molecule has 1 N–H and O–H groups in total. The monoisotopic (exact) mass is 843 g/mol. The third kappa shape index (κ3) is 7.10. The molecule has 9 heteroatoms. The molecule has 1 aliphatic carbocycles. The van der Waals surface area contributed by atoms with Crippen LogP contribution in [-0.2, 0) is 15.1 Å². The number of piperidine rings is 1. The van der Waals surface area contributed by atoms with Crippen molar-refractivity contribution in [2.45, 2.75) is 24.3 Å². The van der Waals surface area contributed by atoms with Crippen LogP contribution in [0.15, 0.2) is 176 Å². The van der Waals surface area contributed by atoms with Crippen LogP contribution in [0.3, 0.4) is 0 Å². The van der Waals surface area contributed by atoms with Crippen LogP contribution in [0, 0.1) is 17.2 Å². The van der Waals surface area contributed by atoms with E-state index in [1.807, 2.05) is 102 Å². The summed E-state index contributed by atoms with van der Waals surface area (Å²) in [6, 6.07) is 60.8. The van der Waals surface area contributed by atoms with E-state index in [0.717, 1.165) is 38.9 Å². The highest BCUT2D eigenvalue weighted by Gasteiger charge is 2.41. The summed E-state index contributed by atoms with van der Waals surface area (Å²) in [6.45, 7) is 1.02. The van der Waals surface area contributed by atoms with Crippen LogP contribution >= 0.6 is 11.6 Å². The molecular formula is C54H42ClN5O3. The van der Waals surface area contributed by atoms with Crippen LogP contribution in [0.5, 0.6) is 0 Å². The number of ether oxygens (including phenoxy) is 1. The highest BCUT2D eigenvalue weighted by Crippen LogP contribution is 2.46. The quantitative estimate of drug-likeness (QED) is 0.146. The Kier molecular flexibility index (Phi) is 10.6. The number of hydrogen-bond acceptors (Lipinski definition) is 5. The van der Waals surface area contributed by atoms with Crippen LogP contribution < -0.4 is 5.32 Å². The molecule has 8 nitrogen and oxygen atoms in total. The van der Waals surface area contributed by atoms with Crippen molar-refractivity contribution in [1.82, 2.24) is 14.7 Å². The van der Waals surface area contributed by atoms with Gasteiger partial charge in [0.05, 0.1) is 17.1 Å². The molecule has 0 saturated carbocycles. The van der Waals surface area contributed by atoms with Gasteiger partial charge in [-0.05, 0) is 87.7 Å². The van der Waals surface area contributed by atoms with Gasteiger partial charge in [0.2, 0.25) is 5.91 Å². The lowest BCUT2D eigenvalue weighted by molar-refractivity contribution is -0.121. The smallest absolute Gasteiger partial charge is 0.409 e. The van der Waals surface area contributed by atoms with E-state index in [1.54, 1.807) is 23.1 Å². The van der Waals surface area contributed by atoms with Crippen molar-refractivity contribution in [3.8, 4) is 28.3 Å². The van der Waals surface area contributed by atoms with E-state index >= 15 is 0 Å². The first-order chi connectivity index (χ1) is 30.9. The van der Waals surface area contributed by atoms with E-state index in [2.05, 4.69) is 72.0 Å². The highest BCUT2D eigenvalue weighted by atomic mass is 35.5. The number of amides is 2. The zero-order valence-corrected chi connectivity index (χ0v) is 35.1. The number of nitrogens with one attached hydrogen (secondary N) is 1. The van der Waals surface area contributed by atoms with Gasteiger partial charge in [-0.2, -0.15) is 10.4 Å². The van der Waals surface area contributed by atoms with Gasteiger partial charge in [0.15, 0.2) is 5.82 Å².